The molecule has 4 aromatic carbocycles. The van der Waals surface area contributed by atoms with Gasteiger partial charge in [-0.3, -0.25) is 0 Å². The number of aliphatic hydroxyl groups is 1. The molecule has 0 aromatic heterocycles. The van der Waals surface area contributed by atoms with E-state index in [1.165, 1.54) is 113 Å². The summed E-state index contributed by atoms with van der Waals surface area (Å²) in [5.41, 5.74) is 15.2. The van der Waals surface area contributed by atoms with E-state index < -0.39 is 5.41 Å². The third-order valence-corrected chi connectivity index (χ3v) is 15.8. The standard InChI is InChI=1S/C49H63B2O3P/c1-7-10-12-14-24-47(5,9-3)35-16-20-39-40-21-17-36(48(6,25-15-13-11-8-2)34(4)55-29-26-52)31-44(40)49(43(39)30-35)45-32-37(50)18-22-41(45)42-23-19-38(33-46(42)49)51-53-27-28-54-51/h16-23,30-34,52,55H,7-15,24-29H2,1-6H3. The third kappa shape index (κ3) is 7.24. The van der Waals surface area contributed by atoms with Crippen LogP contribution in [-0.2, 0) is 25.6 Å². The van der Waals surface area contributed by atoms with Gasteiger partial charge in [0.1, 0.15) is 7.85 Å². The first-order valence-corrected chi connectivity index (χ1v) is 22.9. The second-order valence-corrected chi connectivity index (χ2v) is 19.1. The third-order valence-electron chi connectivity index (χ3n) is 14.0. The molecule has 6 heteroatoms. The van der Waals surface area contributed by atoms with Crippen LogP contribution in [0.5, 0.6) is 0 Å². The van der Waals surface area contributed by atoms with Crippen molar-refractivity contribution < 1.29 is 14.4 Å². The minimum Gasteiger partial charge on any atom is -0.405 e. The Balaban J connectivity index is 1.49. The van der Waals surface area contributed by atoms with Crippen molar-refractivity contribution in [2.75, 3.05) is 26.0 Å². The van der Waals surface area contributed by atoms with Crippen LogP contribution in [0.2, 0.25) is 0 Å². The predicted molar refractivity (Wildman–Crippen MR) is 238 cm³/mol. The number of aliphatic hydroxyl groups excluding tert-OH is 1. The van der Waals surface area contributed by atoms with Crippen LogP contribution in [0.3, 0.4) is 0 Å². The van der Waals surface area contributed by atoms with Crippen LogP contribution >= 0.6 is 8.58 Å². The highest BCUT2D eigenvalue weighted by Crippen LogP contribution is 2.63. The van der Waals surface area contributed by atoms with Crippen molar-refractivity contribution >= 4 is 34.5 Å². The zero-order valence-corrected chi connectivity index (χ0v) is 35.5. The van der Waals surface area contributed by atoms with E-state index in [0.717, 1.165) is 29.9 Å². The molecule has 2 radical (unpaired) electrons. The lowest BCUT2D eigenvalue weighted by Crippen LogP contribution is -2.35. The van der Waals surface area contributed by atoms with E-state index in [0.29, 0.717) is 27.5 Å². The lowest BCUT2D eigenvalue weighted by Gasteiger charge is -2.38. The molecule has 1 N–H and O–H groups in total. The molecule has 55 heavy (non-hydrogen) atoms. The summed E-state index contributed by atoms with van der Waals surface area (Å²) in [5, 5.41) is 9.92. The van der Waals surface area contributed by atoms with Gasteiger partial charge in [0, 0.05) is 6.61 Å². The summed E-state index contributed by atoms with van der Waals surface area (Å²) < 4.78 is 12.3. The molecule has 1 fully saturated rings. The Morgan fingerprint density at radius 1 is 0.709 bits per heavy atom. The first-order valence-electron chi connectivity index (χ1n) is 21.6. The minimum absolute atomic E-state index is 0.0237. The zero-order valence-electron chi connectivity index (χ0n) is 34.5. The molecule has 0 saturated carbocycles. The molecule has 4 aromatic rings. The monoisotopic (exact) mass is 752 g/mol. The number of rotatable bonds is 18. The number of benzene rings is 4. The summed E-state index contributed by atoms with van der Waals surface area (Å²) in [6.07, 6.45) is 14.4. The summed E-state index contributed by atoms with van der Waals surface area (Å²) in [6.45, 7) is 15.9. The summed E-state index contributed by atoms with van der Waals surface area (Å²) in [6, 6.07) is 28.5. The van der Waals surface area contributed by atoms with Crippen molar-refractivity contribution in [2.45, 2.75) is 134 Å². The SMILES string of the molecule is [B]c1ccc2c(c1)C1(c3cc(B4OCCO4)ccc3-2)c2cc(C(C)(CC)CCCCCC)ccc2-c2ccc(C(C)(CCCCCC)C(C)PCCO)cc21. The average molecular weight is 753 g/mol. The van der Waals surface area contributed by atoms with Gasteiger partial charge in [-0.1, -0.05) is 171 Å². The van der Waals surface area contributed by atoms with E-state index in [4.69, 9.17) is 17.2 Å². The van der Waals surface area contributed by atoms with Crippen molar-refractivity contribution in [1.82, 2.24) is 0 Å². The molecule has 0 bridgehead atoms. The minimum atomic E-state index is -0.540. The molecular formula is C49H63B2O3P. The normalized spacial score (nSPS) is 19.7. The molecule has 2 aliphatic carbocycles. The Morgan fingerprint density at radius 3 is 1.87 bits per heavy atom. The molecule has 1 aliphatic heterocycles. The van der Waals surface area contributed by atoms with Crippen molar-refractivity contribution in [2.24, 2.45) is 0 Å². The fourth-order valence-electron chi connectivity index (χ4n) is 10.2. The number of hydrogen-bond donors (Lipinski definition) is 1. The zero-order chi connectivity index (χ0) is 38.8. The quantitative estimate of drug-likeness (QED) is 0.0540. The highest BCUT2D eigenvalue weighted by molar-refractivity contribution is 7.39. The van der Waals surface area contributed by atoms with Crippen LogP contribution in [0.25, 0.3) is 22.3 Å². The summed E-state index contributed by atoms with van der Waals surface area (Å²) in [5.74, 6) is 0. The summed E-state index contributed by atoms with van der Waals surface area (Å²) >= 11 is 0. The molecule has 1 saturated heterocycles. The van der Waals surface area contributed by atoms with Crippen LogP contribution < -0.4 is 10.9 Å². The molecule has 288 valence electrons. The van der Waals surface area contributed by atoms with Crippen molar-refractivity contribution in [3.63, 3.8) is 0 Å². The molecule has 1 heterocycles. The van der Waals surface area contributed by atoms with Gasteiger partial charge in [0.2, 0.25) is 0 Å². The van der Waals surface area contributed by atoms with Gasteiger partial charge in [-0.05, 0) is 103 Å². The van der Waals surface area contributed by atoms with Crippen molar-refractivity contribution in [3.05, 3.63) is 106 Å². The van der Waals surface area contributed by atoms with Gasteiger partial charge in [-0.15, -0.1) is 8.58 Å². The largest absolute Gasteiger partial charge is 0.494 e. The Kier molecular flexibility index (Phi) is 12.6. The highest BCUT2D eigenvalue weighted by Gasteiger charge is 2.53. The van der Waals surface area contributed by atoms with E-state index in [1.54, 1.807) is 0 Å². The molecule has 5 atom stereocenters. The van der Waals surface area contributed by atoms with E-state index in [9.17, 15) is 5.11 Å². The summed E-state index contributed by atoms with van der Waals surface area (Å²) in [7, 11) is 7.14. The van der Waals surface area contributed by atoms with Crippen LogP contribution in [-0.4, -0.2) is 51.7 Å². The fourth-order valence-corrected chi connectivity index (χ4v) is 11.5. The van der Waals surface area contributed by atoms with E-state index in [2.05, 4.69) is 114 Å². The predicted octanol–water partition coefficient (Wildman–Crippen LogP) is 10.5. The molecule has 5 unspecified atom stereocenters. The van der Waals surface area contributed by atoms with Gasteiger partial charge < -0.3 is 14.4 Å². The number of unbranched alkanes of at least 4 members (excludes halogenated alkanes) is 6. The molecular weight excluding hydrogens is 689 g/mol. The van der Waals surface area contributed by atoms with Crippen molar-refractivity contribution in [3.8, 4) is 22.3 Å². The van der Waals surface area contributed by atoms with Gasteiger partial charge in [0.15, 0.2) is 0 Å². The lowest BCUT2D eigenvalue weighted by atomic mass is 9.66. The van der Waals surface area contributed by atoms with Crippen LogP contribution in [0.4, 0.5) is 0 Å². The molecule has 7 rings (SSSR count). The van der Waals surface area contributed by atoms with Crippen LogP contribution in [0.15, 0.2) is 72.8 Å². The van der Waals surface area contributed by atoms with E-state index in [-0.39, 0.29) is 24.6 Å². The fraction of sp³-hybridized carbons (Fsp3) is 0.510. The van der Waals surface area contributed by atoms with Crippen molar-refractivity contribution in [1.29, 1.82) is 0 Å². The highest BCUT2D eigenvalue weighted by atomic mass is 31.1. The van der Waals surface area contributed by atoms with Gasteiger partial charge in [-0.25, -0.2) is 0 Å². The summed E-state index contributed by atoms with van der Waals surface area (Å²) in [4.78, 5) is 0. The van der Waals surface area contributed by atoms with Gasteiger partial charge >= 0.3 is 7.12 Å². The van der Waals surface area contributed by atoms with Gasteiger partial charge in [0.25, 0.3) is 0 Å². The maximum atomic E-state index is 9.92. The van der Waals surface area contributed by atoms with Gasteiger partial charge in [0.05, 0.1) is 18.6 Å². The second kappa shape index (κ2) is 17.0. The first-order chi connectivity index (χ1) is 26.7. The maximum Gasteiger partial charge on any atom is 0.494 e. The van der Waals surface area contributed by atoms with Crippen LogP contribution in [0.1, 0.15) is 146 Å². The Labute approximate surface area is 336 Å². The van der Waals surface area contributed by atoms with E-state index in [1.807, 2.05) is 0 Å². The first kappa shape index (κ1) is 40.5. The maximum absolute atomic E-state index is 9.92. The second-order valence-electron chi connectivity index (χ2n) is 17.3. The Morgan fingerprint density at radius 2 is 1.25 bits per heavy atom. The molecule has 3 aliphatic rings. The number of fused-ring (bicyclic) bond motifs is 10. The number of hydrogen-bond acceptors (Lipinski definition) is 3. The van der Waals surface area contributed by atoms with Gasteiger partial charge in [-0.2, -0.15) is 0 Å². The smallest absolute Gasteiger partial charge is 0.405 e. The average Bonchev–Trinajstić information content (AvgIpc) is 3.92. The molecule has 1 spiro atoms. The topological polar surface area (TPSA) is 38.7 Å². The lowest BCUT2D eigenvalue weighted by molar-refractivity contribution is 0.321. The molecule has 3 nitrogen and oxygen atoms in total. The Bertz CT molecular complexity index is 1970. The van der Waals surface area contributed by atoms with E-state index >= 15 is 0 Å². The Hall–Kier alpha value is -2.68. The van der Waals surface area contributed by atoms with Crippen LogP contribution in [0, 0.1) is 0 Å². The molecule has 0 amide bonds.